The minimum absolute atomic E-state index is 0.0511. The second-order valence-corrected chi connectivity index (χ2v) is 9.78. The first-order valence-corrected chi connectivity index (χ1v) is 11.7. The molecule has 1 N–H and O–H groups in total. The summed E-state index contributed by atoms with van der Waals surface area (Å²) in [6.45, 7) is 1.44. The third kappa shape index (κ3) is 3.41. The second-order valence-electron chi connectivity index (χ2n) is 9.78. The molecule has 3 heterocycles. The maximum absolute atomic E-state index is 13.1. The third-order valence-corrected chi connectivity index (χ3v) is 7.24. The first-order valence-electron chi connectivity index (χ1n) is 11.7. The number of fused-ring (bicyclic) bond motifs is 1. The van der Waals surface area contributed by atoms with Gasteiger partial charge in [0.05, 0.1) is 35.4 Å². The number of amides is 1. The molecule has 0 spiro atoms. The Labute approximate surface area is 195 Å². The molecule has 0 radical (unpaired) electrons. The van der Waals surface area contributed by atoms with Crippen molar-refractivity contribution in [1.29, 1.82) is 5.26 Å². The molecule has 3 saturated carbocycles. The predicted molar refractivity (Wildman–Crippen MR) is 124 cm³/mol. The van der Waals surface area contributed by atoms with Gasteiger partial charge in [0.25, 0.3) is 5.56 Å². The lowest BCUT2D eigenvalue weighted by Gasteiger charge is -2.32. The first kappa shape index (κ1) is 20.8. The molecular weight excluding hydrogens is 432 g/mol. The van der Waals surface area contributed by atoms with E-state index in [1.54, 1.807) is 6.20 Å². The van der Waals surface area contributed by atoms with Crippen molar-refractivity contribution in [2.75, 3.05) is 5.32 Å². The number of nitrogens with one attached hydrogen (secondary N) is 1. The average molecular weight is 457 g/mol. The van der Waals surface area contributed by atoms with E-state index in [0.29, 0.717) is 24.4 Å². The SMILES string of the molecule is CC(=O)Nc1cc2c(-c3cc(C4CC4)c(=O)n(C4CC(=O)C4)n3)cn(C3CC(C#N)C3)c2cn1. The summed E-state index contributed by atoms with van der Waals surface area (Å²) in [6.07, 6.45) is 7.98. The van der Waals surface area contributed by atoms with Crippen molar-refractivity contribution in [3.63, 3.8) is 0 Å². The topological polar surface area (TPSA) is 123 Å². The van der Waals surface area contributed by atoms with Gasteiger partial charge in [0, 0.05) is 48.5 Å². The number of nitriles is 1. The number of Topliss-reactive ketones (excluding diaryl/α,β-unsaturated/α-hetero) is 1. The Bertz CT molecular complexity index is 1440. The molecule has 3 aliphatic rings. The number of carbonyl (C=O) groups is 2. The highest BCUT2D eigenvalue weighted by molar-refractivity contribution is 5.98. The Kier molecular flexibility index (Phi) is 4.66. The van der Waals surface area contributed by atoms with Gasteiger partial charge < -0.3 is 9.88 Å². The Hall–Kier alpha value is -3.80. The van der Waals surface area contributed by atoms with E-state index in [2.05, 4.69) is 20.9 Å². The highest BCUT2D eigenvalue weighted by Crippen LogP contribution is 2.43. The minimum atomic E-state index is -0.207. The van der Waals surface area contributed by atoms with Crippen molar-refractivity contribution in [3.8, 4) is 17.3 Å². The van der Waals surface area contributed by atoms with Crippen LogP contribution in [0.2, 0.25) is 0 Å². The van der Waals surface area contributed by atoms with Crippen molar-refractivity contribution in [1.82, 2.24) is 19.3 Å². The summed E-state index contributed by atoms with van der Waals surface area (Å²) >= 11 is 0. The van der Waals surface area contributed by atoms with Crippen molar-refractivity contribution in [2.24, 2.45) is 5.92 Å². The predicted octanol–water partition coefficient (Wildman–Crippen LogP) is 3.47. The van der Waals surface area contributed by atoms with Crippen molar-refractivity contribution in [2.45, 2.75) is 63.5 Å². The van der Waals surface area contributed by atoms with Gasteiger partial charge in [-0.05, 0) is 43.7 Å². The lowest BCUT2D eigenvalue weighted by atomic mass is 9.81. The summed E-state index contributed by atoms with van der Waals surface area (Å²) in [7, 11) is 0. The zero-order valence-electron chi connectivity index (χ0n) is 18.8. The third-order valence-electron chi connectivity index (χ3n) is 7.24. The van der Waals surface area contributed by atoms with Crippen LogP contribution in [0.5, 0.6) is 0 Å². The van der Waals surface area contributed by atoms with E-state index in [1.807, 2.05) is 18.3 Å². The van der Waals surface area contributed by atoms with Crippen LogP contribution < -0.4 is 10.9 Å². The standard InChI is InChI=1S/C25H24N6O3/c1-13(32)28-24-9-20-21(12-30(23(20)11-27-24)16-4-14(5-16)10-26)22-8-19(15-2-3-15)25(34)31(29-22)17-6-18(33)7-17/h8-9,11-12,14-17H,2-7H2,1H3,(H,27,28,32). The molecule has 0 aromatic carbocycles. The van der Waals surface area contributed by atoms with E-state index < -0.39 is 0 Å². The number of ketones is 1. The molecule has 0 aliphatic heterocycles. The fourth-order valence-corrected chi connectivity index (χ4v) is 5.06. The number of carbonyl (C=O) groups excluding carboxylic acids is 2. The molecule has 3 aliphatic carbocycles. The molecular formula is C25H24N6O3. The molecule has 1 amide bonds. The fourth-order valence-electron chi connectivity index (χ4n) is 5.06. The highest BCUT2D eigenvalue weighted by atomic mass is 16.2. The molecule has 6 rings (SSSR count). The van der Waals surface area contributed by atoms with E-state index in [0.717, 1.165) is 47.7 Å². The van der Waals surface area contributed by atoms with E-state index in [-0.39, 0.29) is 41.2 Å². The van der Waals surface area contributed by atoms with Crippen LogP contribution in [0.25, 0.3) is 22.2 Å². The minimum Gasteiger partial charge on any atom is -0.342 e. The Morgan fingerprint density at radius 2 is 1.94 bits per heavy atom. The van der Waals surface area contributed by atoms with Gasteiger partial charge in [0.1, 0.15) is 11.6 Å². The zero-order valence-corrected chi connectivity index (χ0v) is 18.8. The summed E-state index contributed by atoms with van der Waals surface area (Å²) in [4.78, 5) is 40.8. The maximum atomic E-state index is 13.1. The monoisotopic (exact) mass is 456 g/mol. The number of anilines is 1. The van der Waals surface area contributed by atoms with Crippen LogP contribution in [0.3, 0.4) is 0 Å². The summed E-state index contributed by atoms with van der Waals surface area (Å²) < 4.78 is 3.66. The summed E-state index contributed by atoms with van der Waals surface area (Å²) in [6, 6.07) is 6.06. The van der Waals surface area contributed by atoms with E-state index >= 15 is 0 Å². The molecule has 9 nitrogen and oxygen atoms in total. The molecule has 0 bridgehead atoms. The van der Waals surface area contributed by atoms with Crippen LogP contribution in [0.1, 0.15) is 69.0 Å². The van der Waals surface area contributed by atoms with E-state index in [1.165, 1.54) is 11.6 Å². The van der Waals surface area contributed by atoms with Crippen LogP contribution in [0, 0.1) is 17.2 Å². The molecule has 9 heteroatoms. The molecule has 3 aromatic heterocycles. The van der Waals surface area contributed by atoms with E-state index in [9.17, 15) is 19.6 Å². The van der Waals surface area contributed by atoms with Gasteiger partial charge in [-0.3, -0.25) is 14.4 Å². The molecule has 0 atom stereocenters. The van der Waals surface area contributed by atoms with Crippen LogP contribution in [0.4, 0.5) is 5.82 Å². The van der Waals surface area contributed by atoms with E-state index in [4.69, 9.17) is 5.10 Å². The van der Waals surface area contributed by atoms with Gasteiger partial charge in [-0.25, -0.2) is 9.67 Å². The van der Waals surface area contributed by atoms with Gasteiger partial charge in [-0.15, -0.1) is 0 Å². The number of aromatic nitrogens is 4. The average Bonchev–Trinajstić information content (AvgIpc) is 3.53. The van der Waals surface area contributed by atoms with Crippen LogP contribution in [-0.2, 0) is 9.59 Å². The fraction of sp³-hybridized carbons (Fsp3) is 0.440. The molecule has 34 heavy (non-hydrogen) atoms. The Balaban J connectivity index is 1.52. The molecule has 3 aromatic rings. The quantitative estimate of drug-likeness (QED) is 0.627. The van der Waals surface area contributed by atoms with Gasteiger partial charge in [-0.2, -0.15) is 10.4 Å². The van der Waals surface area contributed by atoms with Crippen LogP contribution in [-0.4, -0.2) is 31.0 Å². The number of rotatable bonds is 5. The van der Waals surface area contributed by atoms with Crippen LogP contribution >= 0.6 is 0 Å². The number of nitrogens with zero attached hydrogens (tertiary/aromatic N) is 5. The van der Waals surface area contributed by atoms with Crippen LogP contribution in [0.15, 0.2) is 29.3 Å². The zero-order chi connectivity index (χ0) is 23.6. The van der Waals surface area contributed by atoms with Crippen molar-refractivity contribution >= 4 is 28.4 Å². The smallest absolute Gasteiger partial charge is 0.270 e. The lowest BCUT2D eigenvalue weighted by Crippen LogP contribution is -2.37. The largest absolute Gasteiger partial charge is 0.342 e. The molecule has 0 saturated heterocycles. The van der Waals surface area contributed by atoms with Crippen molar-refractivity contribution < 1.29 is 9.59 Å². The number of hydrogen-bond acceptors (Lipinski definition) is 6. The Morgan fingerprint density at radius 1 is 1.18 bits per heavy atom. The lowest BCUT2D eigenvalue weighted by molar-refractivity contribution is -0.126. The van der Waals surface area contributed by atoms with Gasteiger partial charge >= 0.3 is 0 Å². The second kappa shape index (κ2) is 7.62. The molecule has 172 valence electrons. The van der Waals surface area contributed by atoms with Crippen molar-refractivity contribution in [3.05, 3.63) is 40.4 Å². The highest BCUT2D eigenvalue weighted by Gasteiger charge is 2.35. The maximum Gasteiger partial charge on any atom is 0.270 e. The summed E-state index contributed by atoms with van der Waals surface area (Å²) in [5.74, 6) is 0.681. The van der Waals surface area contributed by atoms with Gasteiger partial charge in [-0.1, -0.05) is 0 Å². The summed E-state index contributed by atoms with van der Waals surface area (Å²) in [5, 5.41) is 17.6. The van der Waals surface area contributed by atoms with Gasteiger partial charge in [0.15, 0.2) is 0 Å². The number of pyridine rings is 1. The molecule has 3 fully saturated rings. The van der Waals surface area contributed by atoms with Gasteiger partial charge in [0.2, 0.25) is 5.91 Å². The summed E-state index contributed by atoms with van der Waals surface area (Å²) in [5.41, 5.74) is 3.10. The normalized spacial score (nSPS) is 22.2. The first-order chi connectivity index (χ1) is 16.4. The molecule has 0 unspecified atom stereocenters. The Morgan fingerprint density at radius 3 is 2.59 bits per heavy atom. The number of hydrogen-bond donors (Lipinski definition) is 1.